The predicted octanol–water partition coefficient (Wildman–Crippen LogP) is 22.6. The van der Waals surface area contributed by atoms with Gasteiger partial charge in [-0.3, -0.25) is 14.4 Å². The van der Waals surface area contributed by atoms with Crippen LogP contribution in [-0.2, 0) is 28.6 Å². The van der Waals surface area contributed by atoms with Crippen LogP contribution in [0.5, 0.6) is 0 Å². The zero-order valence-electron chi connectivity index (χ0n) is 51.1. The van der Waals surface area contributed by atoms with E-state index in [4.69, 9.17) is 14.2 Å². The van der Waals surface area contributed by atoms with Gasteiger partial charge in [0.05, 0.1) is 0 Å². The van der Waals surface area contributed by atoms with Crippen molar-refractivity contribution in [2.45, 2.75) is 388 Å². The zero-order valence-corrected chi connectivity index (χ0v) is 51.1. The Hall–Kier alpha value is -1.59. The molecule has 0 saturated carbocycles. The topological polar surface area (TPSA) is 78.9 Å². The molecule has 0 amide bonds. The van der Waals surface area contributed by atoms with E-state index in [9.17, 15) is 14.4 Å². The monoisotopic (exact) mass is 1050 g/mol. The fraction of sp³-hybridized carbons (Fsp3) is 0.956. The third-order valence-corrected chi connectivity index (χ3v) is 16.0. The van der Waals surface area contributed by atoms with Crippen LogP contribution in [0.2, 0.25) is 0 Å². The number of carbonyl (C=O) groups is 3. The second-order valence-corrected chi connectivity index (χ2v) is 24.7. The maximum absolute atomic E-state index is 12.9. The van der Waals surface area contributed by atoms with Gasteiger partial charge in [0.1, 0.15) is 13.2 Å². The van der Waals surface area contributed by atoms with Crippen LogP contribution >= 0.6 is 0 Å². The van der Waals surface area contributed by atoms with E-state index >= 15 is 0 Å². The molecule has 0 aliphatic carbocycles. The highest BCUT2D eigenvalue weighted by Gasteiger charge is 2.20. The summed E-state index contributed by atoms with van der Waals surface area (Å²) in [5, 5.41) is 0. The van der Waals surface area contributed by atoms with Crippen molar-refractivity contribution in [1.29, 1.82) is 0 Å². The standard InChI is InChI=1S/C68H132O6/c1-7-64(6)56-50-44-38-32-26-19-15-10-8-9-11-17-21-29-35-41-47-53-59-68(71)74-65(61-73-67(70)58-52-46-40-34-28-23-22-25-31-37-43-49-55-63(4)5)60-72-66(69)57-51-45-39-33-27-20-16-13-12-14-18-24-30-36-42-48-54-62(2)3/h62-65H,7-61H2,1-6H3/t64?,65-/m1/s1. The fourth-order valence-electron chi connectivity index (χ4n) is 10.6. The van der Waals surface area contributed by atoms with Gasteiger partial charge in [0.2, 0.25) is 0 Å². The summed E-state index contributed by atoms with van der Waals surface area (Å²) < 4.78 is 17.0. The molecular weight excluding hydrogens is 913 g/mol. The van der Waals surface area contributed by atoms with Crippen molar-refractivity contribution >= 4 is 17.9 Å². The Morgan fingerprint density at radius 2 is 0.473 bits per heavy atom. The largest absolute Gasteiger partial charge is 0.462 e. The summed E-state index contributed by atoms with van der Waals surface area (Å²) in [4.78, 5) is 38.4. The van der Waals surface area contributed by atoms with Gasteiger partial charge < -0.3 is 14.2 Å². The van der Waals surface area contributed by atoms with Gasteiger partial charge in [0, 0.05) is 19.3 Å². The van der Waals surface area contributed by atoms with Gasteiger partial charge in [-0.1, -0.05) is 343 Å². The Balaban J connectivity index is 4.27. The molecule has 6 heteroatoms. The summed E-state index contributed by atoms with van der Waals surface area (Å²) in [5.41, 5.74) is 0. The second-order valence-electron chi connectivity index (χ2n) is 24.7. The van der Waals surface area contributed by atoms with Crippen LogP contribution in [0, 0.1) is 17.8 Å². The third kappa shape index (κ3) is 59.7. The van der Waals surface area contributed by atoms with Crippen molar-refractivity contribution in [1.82, 2.24) is 0 Å². The quantitative estimate of drug-likeness (QED) is 0.0343. The molecule has 1 unspecified atom stereocenters. The van der Waals surface area contributed by atoms with Crippen LogP contribution in [0.1, 0.15) is 382 Å². The van der Waals surface area contributed by atoms with Gasteiger partial charge in [0.25, 0.3) is 0 Å². The Kier molecular flexibility index (Phi) is 57.8. The van der Waals surface area contributed by atoms with Crippen LogP contribution in [0.3, 0.4) is 0 Å². The second kappa shape index (κ2) is 59.1. The Bertz CT molecular complexity index is 1150. The molecule has 0 heterocycles. The van der Waals surface area contributed by atoms with E-state index in [-0.39, 0.29) is 31.1 Å². The molecule has 0 bridgehead atoms. The third-order valence-electron chi connectivity index (χ3n) is 16.0. The first-order chi connectivity index (χ1) is 36.1. The van der Waals surface area contributed by atoms with E-state index in [1.54, 1.807) is 0 Å². The summed E-state index contributed by atoms with van der Waals surface area (Å²) in [5.74, 6) is 1.76. The minimum Gasteiger partial charge on any atom is -0.462 e. The normalized spacial score (nSPS) is 12.5. The molecule has 0 aromatic rings. The Morgan fingerprint density at radius 1 is 0.270 bits per heavy atom. The van der Waals surface area contributed by atoms with Gasteiger partial charge in [-0.05, 0) is 37.0 Å². The molecular formula is C68H132O6. The van der Waals surface area contributed by atoms with E-state index < -0.39 is 6.10 Å². The summed E-state index contributed by atoms with van der Waals surface area (Å²) in [6.07, 6.45) is 65.3. The molecule has 0 spiro atoms. The summed E-state index contributed by atoms with van der Waals surface area (Å²) >= 11 is 0. The highest BCUT2D eigenvalue weighted by Crippen LogP contribution is 2.20. The first-order valence-electron chi connectivity index (χ1n) is 33.6. The molecule has 0 aliphatic heterocycles. The first kappa shape index (κ1) is 72.4. The highest BCUT2D eigenvalue weighted by atomic mass is 16.6. The number of carbonyl (C=O) groups excluding carboxylic acids is 3. The molecule has 0 N–H and O–H groups in total. The van der Waals surface area contributed by atoms with Gasteiger partial charge in [-0.15, -0.1) is 0 Å². The number of rotatable bonds is 61. The van der Waals surface area contributed by atoms with E-state index in [2.05, 4.69) is 41.5 Å². The van der Waals surface area contributed by atoms with E-state index in [0.29, 0.717) is 19.3 Å². The zero-order chi connectivity index (χ0) is 54.1. The molecule has 0 aliphatic rings. The maximum atomic E-state index is 12.9. The van der Waals surface area contributed by atoms with Crippen LogP contribution in [0.25, 0.3) is 0 Å². The van der Waals surface area contributed by atoms with Crippen molar-refractivity contribution in [2.24, 2.45) is 17.8 Å². The minimum absolute atomic E-state index is 0.0622. The summed E-state index contributed by atoms with van der Waals surface area (Å²) in [7, 11) is 0. The molecule has 6 nitrogen and oxygen atoms in total. The van der Waals surface area contributed by atoms with E-state index in [1.807, 2.05) is 0 Å². The van der Waals surface area contributed by atoms with Gasteiger partial charge in [-0.2, -0.15) is 0 Å². The Morgan fingerprint density at radius 3 is 0.703 bits per heavy atom. The van der Waals surface area contributed by atoms with Gasteiger partial charge in [-0.25, -0.2) is 0 Å². The van der Waals surface area contributed by atoms with Crippen molar-refractivity contribution < 1.29 is 28.6 Å². The molecule has 0 aromatic carbocycles. The van der Waals surface area contributed by atoms with Crippen molar-refractivity contribution in [3.05, 3.63) is 0 Å². The molecule has 0 aromatic heterocycles. The molecule has 0 saturated heterocycles. The van der Waals surface area contributed by atoms with Crippen molar-refractivity contribution in [3.8, 4) is 0 Å². The molecule has 0 fully saturated rings. The summed E-state index contributed by atoms with van der Waals surface area (Å²) in [6.45, 7) is 13.9. The van der Waals surface area contributed by atoms with Gasteiger partial charge >= 0.3 is 17.9 Å². The number of ether oxygens (including phenoxy) is 3. The van der Waals surface area contributed by atoms with Gasteiger partial charge in [0.15, 0.2) is 6.10 Å². The highest BCUT2D eigenvalue weighted by molar-refractivity contribution is 5.71. The average Bonchev–Trinajstić information content (AvgIpc) is 3.38. The molecule has 2 atom stereocenters. The first-order valence-corrected chi connectivity index (χ1v) is 33.6. The van der Waals surface area contributed by atoms with Crippen LogP contribution in [0.4, 0.5) is 0 Å². The number of unbranched alkanes of at least 4 members (excludes halogenated alkanes) is 43. The maximum Gasteiger partial charge on any atom is 0.306 e. The van der Waals surface area contributed by atoms with Crippen molar-refractivity contribution in [2.75, 3.05) is 13.2 Å². The fourth-order valence-corrected chi connectivity index (χ4v) is 10.6. The lowest BCUT2D eigenvalue weighted by Crippen LogP contribution is -2.30. The Labute approximate surface area is 463 Å². The van der Waals surface area contributed by atoms with Crippen LogP contribution in [-0.4, -0.2) is 37.2 Å². The van der Waals surface area contributed by atoms with Crippen LogP contribution in [0.15, 0.2) is 0 Å². The SMILES string of the molecule is CCC(C)CCCCCCCCCCCCCCCCCCCCC(=O)O[C@H](COC(=O)CCCCCCCCCCCCCCCCCCC(C)C)COC(=O)CCCCCCCCCCCCCCC(C)C. The number of hydrogen-bond acceptors (Lipinski definition) is 6. The minimum atomic E-state index is -0.765. The molecule has 0 rings (SSSR count). The van der Waals surface area contributed by atoms with E-state index in [1.165, 1.54) is 263 Å². The average molecular weight is 1050 g/mol. The number of esters is 3. The number of hydrogen-bond donors (Lipinski definition) is 0. The smallest absolute Gasteiger partial charge is 0.306 e. The lowest BCUT2D eigenvalue weighted by Gasteiger charge is -2.18. The molecule has 0 radical (unpaired) electrons. The molecule has 74 heavy (non-hydrogen) atoms. The lowest BCUT2D eigenvalue weighted by molar-refractivity contribution is -0.167. The van der Waals surface area contributed by atoms with Crippen molar-refractivity contribution in [3.63, 3.8) is 0 Å². The summed E-state index contributed by atoms with van der Waals surface area (Å²) in [6, 6.07) is 0. The van der Waals surface area contributed by atoms with Crippen LogP contribution < -0.4 is 0 Å². The van der Waals surface area contributed by atoms with E-state index in [0.717, 1.165) is 75.5 Å². The lowest BCUT2D eigenvalue weighted by atomic mass is 9.99. The molecule has 440 valence electrons. The predicted molar refractivity (Wildman–Crippen MR) is 321 cm³/mol.